The van der Waals surface area contributed by atoms with Crippen molar-refractivity contribution >= 4 is 5.95 Å². The monoisotopic (exact) mass is 348 g/mol. The van der Waals surface area contributed by atoms with Crippen LogP contribution in [0.25, 0.3) is 11.3 Å². The third kappa shape index (κ3) is 3.75. The Labute approximate surface area is 153 Å². The summed E-state index contributed by atoms with van der Waals surface area (Å²) in [4.78, 5) is 11.0. The average Bonchev–Trinajstić information content (AvgIpc) is 3.09. The van der Waals surface area contributed by atoms with E-state index in [1.807, 2.05) is 23.9 Å². The summed E-state index contributed by atoms with van der Waals surface area (Å²) in [5, 5.41) is 8.36. The van der Waals surface area contributed by atoms with E-state index in [1.165, 1.54) is 12.0 Å². The molecular weight excluding hydrogens is 324 g/mol. The maximum Gasteiger partial charge on any atom is 0.225 e. The Morgan fingerprint density at radius 1 is 1.12 bits per heavy atom. The van der Waals surface area contributed by atoms with Crippen LogP contribution in [0.3, 0.4) is 0 Å². The summed E-state index contributed by atoms with van der Waals surface area (Å²) < 4.78 is 1.89. The van der Waals surface area contributed by atoms with Gasteiger partial charge in [0.05, 0.1) is 5.69 Å². The van der Waals surface area contributed by atoms with Gasteiger partial charge in [-0.15, -0.1) is 0 Å². The van der Waals surface area contributed by atoms with Crippen LogP contribution in [-0.2, 0) is 13.6 Å². The summed E-state index contributed by atoms with van der Waals surface area (Å²) >= 11 is 0. The molecule has 3 aromatic rings. The van der Waals surface area contributed by atoms with Gasteiger partial charge in [0.2, 0.25) is 5.95 Å². The Morgan fingerprint density at radius 3 is 2.73 bits per heavy atom. The molecule has 0 saturated carbocycles. The molecule has 3 heterocycles. The van der Waals surface area contributed by atoms with Gasteiger partial charge in [-0.2, -0.15) is 5.10 Å². The predicted octanol–water partition coefficient (Wildman–Crippen LogP) is 2.64. The predicted molar refractivity (Wildman–Crippen MR) is 103 cm³/mol. The lowest BCUT2D eigenvalue weighted by Crippen LogP contribution is -2.46. The molecule has 6 heteroatoms. The van der Waals surface area contributed by atoms with E-state index in [0.717, 1.165) is 43.3 Å². The molecule has 1 aliphatic heterocycles. The molecule has 26 heavy (non-hydrogen) atoms. The van der Waals surface area contributed by atoms with Gasteiger partial charge in [-0.25, -0.2) is 9.97 Å². The standard InChI is InChI=1S/C20H24N6/c1-25-14-17(19(24-25)16-7-3-2-4-8-16)13-23-18-9-5-12-26(15-18)20-21-10-6-11-22-20/h2-4,6-8,10-11,14,18,23H,5,9,12-13,15H2,1H3/t18-/m0/s1. The summed E-state index contributed by atoms with van der Waals surface area (Å²) in [5.74, 6) is 0.824. The smallest absolute Gasteiger partial charge is 0.225 e. The fourth-order valence-corrected chi connectivity index (χ4v) is 3.54. The van der Waals surface area contributed by atoms with E-state index in [1.54, 1.807) is 12.4 Å². The van der Waals surface area contributed by atoms with E-state index >= 15 is 0 Å². The molecule has 6 nitrogen and oxygen atoms in total. The quantitative estimate of drug-likeness (QED) is 0.768. The molecule has 1 fully saturated rings. The minimum absolute atomic E-state index is 0.427. The van der Waals surface area contributed by atoms with Crippen molar-refractivity contribution in [3.05, 3.63) is 60.6 Å². The molecule has 2 aromatic heterocycles. The molecule has 0 bridgehead atoms. The lowest BCUT2D eigenvalue weighted by molar-refractivity contribution is 0.418. The van der Waals surface area contributed by atoms with Crippen molar-refractivity contribution in [2.45, 2.75) is 25.4 Å². The third-order valence-electron chi connectivity index (χ3n) is 4.79. The van der Waals surface area contributed by atoms with Gasteiger partial charge in [-0.1, -0.05) is 30.3 Å². The van der Waals surface area contributed by atoms with Gasteiger partial charge in [0, 0.05) is 62.4 Å². The van der Waals surface area contributed by atoms with Gasteiger partial charge >= 0.3 is 0 Å². The SMILES string of the molecule is Cn1cc(CN[C@H]2CCCN(c3ncccn3)C2)c(-c2ccccc2)n1. The van der Waals surface area contributed by atoms with E-state index in [2.05, 4.69) is 55.7 Å². The molecule has 1 aliphatic rings. The van der Waals surface area contributed by atoms with Crippen molar-refractivity contribution in [2.75, 3.05) is 18.0 Å². The first-order chi connectivity index (χ1) is 12.8. The number of nitrogens with one attached hydrogen (secondary N) is 1. The lowest BCUT2D eigenvalue weighted by atomic mass is 10.0. The molecule has 4 rings (SSSR count). The van der Waals surface area contributed by atoms with Crippen molar-refractivity contribution in [1.29, 1.82) is 0 Å². The van der Waals surface area contributed by atoms with Gasteiger partial charge in [0.15, 0.2) is 0 Å². The number of hydrogen-bond donors (Lipinski definition) is 1. The molecule has 1 saturated heterocycles. The van der Waals surface area contributed by atoms with Crippen LogP contribution >= 0.6 is 0 Å². The minimum atomic E-state index is 0.427. The number of benzene rings is 1. The molecule has 1 aromatic carbocycles. The Hall–Kier alpha value is -2.73. The first-order valence-electron chi connectivity index (χ1n) is 9.13. The lowest BCUT2D eigenvalue weighted by Gasteiger charge is -2.33. The second-order valence-electron chi connectivity index (χ2n) is 6.76. The van der Waals surface area contributed by atoms with Crippen LogP contribution < -0.4 is 10.2 Å². The van der Waals surface area contributed by atoms with Crippen LogP contribution in [0.4, 0.5) is 5.95 Å². The number of anilines is 1. The maximum atomic E-state index is 4.65. The van der Waals surface area contributed by atoms with Gasteiger partial charge in [-0.3, -0.25) is 4.68 Å². The van der Waals surface area contributed by atoms with Crippen molar-refractivity contribution in [3.63, 3.8) is 0 Å². The van der Waals surface area contributed by atoms with E-state index < -0.39 is 0 Å². The highest BCUT2D eigenvalue weighted by molar-refractivity contribution is 5.62. The van der Waals surface area contributed by atoms with Crippen molar-refractivity contribution in [3.8, 4) is 11.3 Å². The molecule has 1 N–H and O–H groups in total. The van der Waals surface area contributed by atoms with Crippen LogP contribution in [0.5, 0.6) is 0 Å². The molecule has 134 valence electrons. The Balaban J connectivity index is 1.43. The van der Waals surface area contributed by atoms with Crippen LogP contribution in [0.2, 0.25) is 0 Å². The van der Waals surface area contributed by atoms with E-state index in [9.17, 15) is 0 Å². The van der Waals surface area contributed by atoms with Gasteiger partial charge in [-0.05, 0) is 18.9 Å². The summed E-state index contributed by atoms with van der Waals surface area (Å²) in [5.41, 5.74) is 3.44. The van der Waals surface area contributed by atoms with Crippen LogP contribution in [0.15, 0.2) is 55.0 Å². The summed E-state index contributed by atoms with van der Waals surface area (Å²) in [6.45, 7) is 2.77. The van der Waals surface area contributed by atoms with Crippen molar-refractivity contribution in [1.82, 2.24) is 25.1 Å². The summed E-state index contributed by atoms with van der Waals surface area (Å²) in [7, 11) is 1.98. The zero-order valence-corrected chi connectivity index (χ0v) is 15.0. The molecule has 1 atom stereocenters. The van der Waals surface area contributed by atoms with E-state index in [0.29, 0.717) is 6.04 Å². The third-order valence-corrected chi connectivity index (χ3v) is 4.79. The van der Waals surface area contributed by atoms with E-state index in [-0.39, 0.29) is 0 Å². The van der Waals surface area contributed by atoms with Crippen LogP contribution in [-0.4, -0.2) is 38.9 Å². The Kier molecular flexibility index (Phi) is 4.93. The summed E-state index contributed by atoms with van der Waals surface area (Å²) in [6, 6.07) is 12.7. The molecule has 0 spiro atoms. The first-order valence-corrected chi connectivity index (χ1v) is 9.13. The van der Waals surface area contributed by atoms with Crippen LogP contribution in [0, 0.1) is 0 Å². The molecule has 0 aliphatic carbocycles. The highest BCUT2D eigenvalue weighted by atomic mass is 15.3. The normalized spacial score (nSPS) is 17.4. The number of piperidine rings is 1. The average molecular weight is 348 g/mol. The van der Waals surface area contributed by atoms with Gasteiger partial charge < -0.3 is 10.2 Å². The number of nitrogens with zero attached hydrogens (tertiary/aromatic N) is 5. The maximum absolute atomic E-state index is 4.65. The topological polar surface area (TPSA) is 58.9 Å². The summed E-state index contributed by atoms with van der Waals surface area (Å²) in [6.07, 6.45) is 8.04. The largest absolute Gasteiger partial charge is 0.339 e. The zero-order valence-electron chi connectivity index (χ0n) is 15.0. The minimum Gasteiger partial charge on any atom is -0.339 e. The van der Waals surface area contributed by atoms with Crippen molar-refractivity contribution < 1.29 is 0 Å². The molecule has 0 unspecified atom stereocenters. The fraction of sp³-hybridized carbons (Fsp3) is 0.350. The highest BCUT2D eigenvalue weighted by Crippen LogP contribution is 2.22. The highest BCUT2D eigenvalue weighted by Gasteiger charge is 2.22. The number of aromatic nitrogens is 4. The zero-order chi connectivity index (χ0) is 17.8. The van der Waals surface area contributed by atoms with Crippen molar-refractivity contribution in [2.24, 2.45) is 7.05 Å². The Bertz CT molecular complexity index is 830. The van der Waals surface area contributed by atoms with Gasteiger partial charge in [0.25, 0.3) is 0 Å². The molecule has 0 amide bonds. The fourth-order valence-electron chi connectivity index (χ4n) is 3.54. The first kappa shape index (κ1) is 16.7. The second-order valence-corrected chi connectivity index (χ2v) is 6.76. The van der Waals surface area contributed by atoms with E-state index in [4.69, 9.17) is 0 Å². The number of aryl methyl sites for hydroxylation is 1. The number of rotatable bonds is 5. The molecular formula is C20H24N6. The Morgan fingerprint density at radius 2 is 1.92 bits per heavy atom. The van der Waals surface area contributed by atoms with Crippen LogP contribution in [0.1, 0.15) is 18.4 Å². The number of hydrogen-bond acceptors (Lipinski definition) is 5. The molecule has 0 radical (unpaired) electrons. The second kappa shape index (κ2) is 7.66. The van der Waals surface area contributed by atoms with Gasteiger partial charge in [0.1, 0.15) is 0 Å².